The normalized spacial score (nSPS) is 16.0. The smallest absolute Gasteiger partial charge is 0.399 e. The number of alkyl halides is 1. The fourth-order valence-corrected chi connectivity index (χ4v) is 10.6. The van der Waals surface area contributed by atoms with E-state index in [0.717, 1.165) is 121 Å². The van der Waals surface area contributed by atoms with Crippen molar-refractivity contribution in [3.8, 4) is 11.1 Å². The number of hydrogen-bond acceptors (Lipinski definition) is 16. The molecule has 7 aromatic rings. The molecule has 546 valence electrons. The number of benzene rings is 1. The summed E-state index contributed by atoms with van der Waals surface area (Å²) < 4.78 is 55.0. The van der Waals surface area contributed by atoms with E-state index in [1.807, 2.05) is 136 Å². The van der Waals surface area contributed by atoms with Gasteiger partial charge in [-0.05, 0) is 200 Å². The number of pyridine rings is 6. The van der Waals surface area contributed by atoms with Gasteiger partial charge in [0.2, 0.25) is 29.3 Å². The van der Waals surface area contributed by atoms with Crippen molar-refractivity contribution in [1.82, 2.24) is 63.4 Å². The van der Waals surface area contributed by atoms with Gasteiger partial charge in [-0.3, -0.25) is 24.0 Å². The number of likely N-dealkylation sites (N-methyl/N-ethyl adjacent to an activating group) is 4. The monoisotopic (exact) mass is 1530 g/mol. The van der Waals surface area contributed by atoms with E-state index < -0.39 is 19.0 Å². The number of carbonyl (C=O) groups excluding carboxylic acids is 2. The molecule has 2 atom stereocenters. The van der Waals surface area contributed by atoms with Crippen LogP contribution in [0, 0.1) is 17.7 Å². The lowest BCUT2D eigenvalue weighted by Gasteiger charge is -2.32. The van der Waals surface area contributed by atoms with Crippen LogP contribution in [0.3, 0.4) is 0 Å². The number of aromatic nitrogens is 6. The summed E-state index contributed by atoms with van der Waals surface area (Å²) in [5, 5.41) is 0. The number of amides is 2. The van der Waals surface area contributed by atoms with Crippen molar-refractivity contribution in [2.45, 2.75) is 89.5 Å². The molecule has 3 aliphatic heterocycles. The second-order valence-electron chi connectivity index (χ2n) is 26.5. The Labute approximate surface area is 610 Å². The second kappa shape index (κ2) is 43.1. The van der Waals surface area contributed by atoms with Crippen molar-refractivity contribution in [3.05, 3.63) is 203 Å². The number of rotatable bonds is 18. The molecule has 0 saturated carbocycles. The standard InChI is InChI=1S/C14H20FN3O.C14H16FN3O.C14H22N4O.C12H16BFO2.C9H13BrN2O.C5H4BrNO.C4H10ClN/c3*1-17(2)7-8-18-6-5-11(9-14(18)19)12-3-4-13(15)16-10-12;1-11(2)12(3,4)16-13(15-11)9-5-7-10(14)8-6-9;1-11(2)5-6-12-4-3-8(10)7-9(12)13;6-4-1-2-7-5(8)3-4;1-6(2)4-3-5/h3-4,10-11H,5-9H2,1-2H3;3-6,9-10H,7-8H2,1-2H3;3-4,10-11H,5-9H2,1-2H3,(H2,15,16);5-8H,1-4H3;3-4,7H,5-6H2,1-2H3;1-3H,(H,7,8);3-4H2,1-2H3. The summed E-state index contributed by atoms with van der Waals surface area (Å²) in [6.07, 6.45) is 12.9. The van der Waals surface area contributed by atoms with Crippen LogP contribution in [0.15, 0.2) is 158 Å². The molecule has 9 heterocycles. The molecule has 0 spiro atoms. The highest BCUT2D eigenvalue weighted by Crippen LogP contribution is 2.36. The third-order valence-electron chi connectivity index (χ3n) is 16.4. The Kier molecular flexibility index (Phi) is 36.9. The number of carbonyl (C=O) groups is 2. The highest BCUT2D eigenvalue weighted by molar-refractivity contribution is 9.10. The van der Waals surface area contributed by atoms with Gasteiger partial charge in [-0.25, -0.2) is 19.3 Å². The third-order valence-corrected chi connectivity index (χ3v) is 17.6. The van der Waals surface area contributed by atoms with Crippen molar-refractivity contribution < 1.29 is 32.1 Å². The largest absolute Gasteiger partial charge is 0.494 e. The Balaban J connectivity index is 0.000000254. The minimum atomic E-state index is -0.525. The maximum Gasteiger partial charge on any atom is 0.494 e. The summed E-state index contributed by atoms with van der Waals surface area (Å²) in [5.41, 5.74) is 9.17. The Morgan fingerprint density at radius 2 is 1.00 bits per heavy atom. The maximum atomic E-state index is 12.8. The maximum absolute atomic E-state index is 12.8. The van der Waals surface area contributed by atoms with Gasteiger partial charge in [0.05, 0.1) is 11.2 Å². The predicted octanol–water partition coefficient (Wildman–Crippen LogP) is 9.25. The van der Waals surface area contributed by atoms with E-state index in [1.54, 1.807) is 88.6 Å². The van der Waals surface area contributed by atoms with Crippen LogP contribution in [0.4, 0.5) is 19.0 Å². The Morgan fingerprint density at radius 3 is 1.38 bits per heavy atom. The van der Waals surface area contributed by atoms with Crippen molar-refractivity contribution >= 4 is 73.7 Å². The van der Waals surface area contributed by atoms with Gasteiger partial charge >= 0.3 is 7.12 Å². The topological polar surface area (TPSA) is 217 Å². The number of aromatic amines is 1. The number of halogens is 6. The SMILES string of the molecule is CC1(C)OB(c2ccc(F)cc2)OC1(C)C.CN(C)CCCl.CN(C)CCN1CCC(c2ccc(F)nc2)CC1=O.CN(C)CCN1CCC(c2ccc(N)nc2)CC1=O.CN(C)CCn1ccc(-c2ccc(F)nc2)cc1=O.CN(C)CCn1ccc(Br)cc1=O.O=c1cc(Br)cc[nH]1. The molecule has 10 rings (SSSR count). The van der Waals surface area contributed by atoms with E-state index in [9.17, 15) is 37.1 Å². The summed E-state index contributed by atoms with van der Waals surface area (Å²) in [7, 11) is 19.5. The molecule has 0 aliphatic carbocycles. The molecule has 2 unspecified atom stereocenters. The minimum Gasteiger partial charge on any atom is -0.399 e. The van der Waals surface area contributed by atoms with Crippen molar-refractivity contribution in [3.63, 3.8) is 0 Å². The zero-order valence-corrected chi connectivity index (χ0v) is 64.2. The third kappa shape index (κ3) is 31.5. The van der Waals surface area contributed by atoms with Gasteiger partial charge in [-0.1, -0.05) is 56.1 Å². The van der Waals surface area contributed by atoms with Crippen LogP contribution >= 0.6 is 43.5 Å². The molecule has 3 aliphatic rings. The molecular formula is C72H101BBr2ClF3N14O7. The Morgan fingerprint density at radius 1 is 0.550 bits per heavy atom. The van der Waals surface area contributed by atoms with Crippen molar-refractivity contribution in [2.75, 3.05) is 141 Å². The van der Waals surface area contributed by atoms with Crippen LogP contribution in [0.25, 0.3) is 11.1 Å². The first-order valence-corrected chi connectivity index (χ1v) is 35.1. The molecule has 100 heavy (non-hydrogen) atoms. The van der Waals surface area contributed by atoms with Gasteiger partial charge in [0, 0.05) is 161 Å². The van der Waals surface area contributed by atoms with Crippen LogP contribution < -0.4 is 27.9 Å². The van der Waals surface area contributed by atoms with Crippen LogP contribution in [0.1, 0.15) is 76.3 Å². The lowest BCUT2D eigenvalue weighted by molar-refractivity contribution is -0.134. The number of nitrogens with two attached hydrogens (primary N) is 1. The average Bonchev–Trinajstić information content (AvgIpc) is 1.62. The summed E-state index contributed by atoms with van der Waals surface area (Å²) in [6, 6.07) is 26.1. The lowest BCUT2D eigenvalue weighted by atomic mass is 9.79. The molecule has 21 nitrogen and oxygen atoms in total. The summed E-state index contributed by atoms with van der Waals surface area (Å²) in [5.74, 6) is 0.901. The number of nitrogens with one attached hydrogen (secondary N) is 1. The molecule has 1 aromatic carbocycles. The molecule has 0 bridgehead atoms. The van der Waals surface area contributed by atoms with E-state index in [0.29, 0.717) is 25.2 Å². The van der Waals surface area contributed by atoms with Crippen LogP contribution in [-0.2, 0) is 32.0 Å². The molecule has 0 radical (unpaired) electrons. The van der Waals surface area contributed by atoms with Gasteiger partial charge < -0.3 is 63.5 Å². The zero-order chi connectivity index (χ0) is 74.3. The lowest BCUT2D eigenvalue weighted by Crippen LogP contribution is -2.41. The average molecular weight is 1540 g/mol. The fourth-order valence-electron chi connectivity index (χ4n) is 9.62. The number of H-pyrrole nitrogens is 1. The van der Waals surface area contributed by atoms with Crippen LogP contribution in [0.2, 0.25) is 0 Å². The molecule has 3 saturated heterocycles. The second-order valence-corrected chi connectivity index (χ2v) is 28.7. The Hall–Kier alpha value is -6.92. The molecule has 3 N–H and O–H groups in total. The number of hydrogen-bond donors (Lipinski definition) is 2. The number of anilines is 1. The first-order valence-electron chi connectivity index (χ1n) is 33.0. The van der Waals surface area contributed by atoms with E-state index in [2.05, 4.69) is 66.5 Å². The number of likely N-dealkylation sites (tertiary alicyclic amines) is 2. The molecule has 2 amide bonds. The fraction of sp³-hybridized carbons (Fsp3) is 0.472. The van der Waals surface area contributed by atoms with E-state index in [1.165, 1.54) is 36.5 Å². The molecule has 28 heteroatoms. The minimum absolute atomic E-state index is 0.0382. The van der Waals surface area contributed by atoms with Gasteiger partial charge in [0.1, 0.15) is 11.6 Å². The summed E-state index contributed by atoms with van der Waals surface area (Å²) >= 11 is 11.7. The van der Waals surface area contributed by atoms with Gasteiger partial charge in [0.15, 0.2) is 0 Å². The molecule has 6 aromatic heterocycles. The van der Waals surface area contributed by atoms with Gasteiger partial charge in [-0.2, -0.15) is 8.78 Å². The quantitative estimate of drug-likeness (QED) is 0.0465. The Bertz CT molecular complexity index is 3640. The molecular weight excluding hydrogens is 1440 g/mol. The van der Waals surface area contributed by atoms with Gasteiger partial charge in [-0.15, -0.1) is 11.6 Å². The summed E-state index contributed by atoms with van der Waals surface area (Å²) in [4.78, 5) is 85.9. The first-order chi connectivity index (χ1) is 47.1. The number of nitrogens with zero attached hydrogens (tertiary/aromatic N) is 12. The summed E-state index contributed by atoms with van der Waals surface area (Å²) in [6.45, 7) is 17.0. The first kappa shape index (κ1) is 85.5. The van der Waals surface area contributed by atoms with Crippen molar-refractivity contribution in [1.29, 1.82) is 0 Å². The van der Waals surface area contributed by atoms with E-state index in [4.69, 9.17) is 26.6 Å². The highest BCUT2D eigenvalue weighted by atomic mass is 79.9. The van der Waals surface area contributed by atoms with Gasteiger partial charge in [0.25, 0.3) is 11.1 Å². The predicted molar refractivity (Wildman–Crippen MR) is 403 cm³/mol. The van der Waals surface area contributed by atoms with E-state index >= 15 is 0 Å². The molecule has 3 fully saturated rings. The highest BCUT2D eigenvalue weighted by Gasteiger charge is 2.51. The zero-order valence-electron chi connectivity index (χ0n) is 60.3. The van der Waals surface area contributed by atoms with E-state index in [-0.39, 0.29) is 57.3 Å². The van der Waals surface area contributed by atoms with Crippen LogP contribution in [-0.4, -0.2) is 229 Å². The van der Waals surface area contributed by atoms with Crippen molar-refractivity contribution in [2.24, 2.45) is 0 Å². The number of piperidine rings is 2. The number of nitrogen functional groups attached to an aromatic ring is 1. The van der Waals surface area contributed by atoms with Crippen LogP contribution in [0.5, 0.6) is 0 Å².